The van der Waals surface area contributed by atoms with Crippen LogP contribution in [0.4, 0.5) is 10.7 Å². The number of carbonyl (C=O) groups is 2. The fourth-order valence-electron chi connectivity index (χ4n) is 4.27. The van der Waals surface area contributed by atoms with E-state index in [1.54, 1.807) is 33.2 Å². The van der Waals surface area contributed by atoms with Crippen molar-refractivity contribution in [1.82, 2.24) is 20.2 Å². The van der Waals surface area contributed by atoms with Crippen LogP contribution in [0.3, 0.4) is 0 Å². The molecular weight excluding hydrogens is 473 g/mol. The van der Waals surface area contributed by atoms with Crippen molar-refractivity contribution in [3.05, 3.63) is 12.4 Å². The molecule has 2 saturated heterocycles. The number of piperidine rings is 1. The topological polar surface area (TPSA) is 115 Å². The number of likely N-dealkylation sites (tertiary alicyclic amines) is 1. The van der Waals surface area contributed by atoms with Crippen LogP contribution in [-0.4, -0.2) is 76.5 Å². The first-order valence-electron chi connectivity index (χ1n) is 13.3. The van der Waals surface area contributed by atoms with E-state index in [1.165, 1.54) is 0 Å². The van der Waals surface area contributed by atoms with Gasteiger partial charge in [0.05, 0.1) is 11.2 Å². The fourth-order valence-corrected chi connectivity index (χ4v) is 4.27. The molecule has 3 heterocycles. The highest BCUT2D eigenvalue weighted by Gasteiger charge is 2.52. The molecule has 1 aromatic heterocycles. The minimum Gasteiger partial charge on any atom is -0.444 e. The Morgan fingerprint density at radius 2 is 1.65 bits per heavy atom. The normalized spacial score (nSPS) is 20.6. The fraction of sp³-hybridized carbons (Fsp3) is 0.769. The SMILES string of the molecule is CC(C)C(NC(=O)OC(C)(C)C)C(=O)N1CCC(CNc2ncc(B3OC(C)(C)C(C)(C)O3)cn2)CC1. The Bertz CT molecular complexity index is 924. The smallest absolute Gasteiger partial charge is 0.444 e. The molecule has 11 heteroatoms. The molecule has 2 fully saturated rings. The molecule has 2 aliphatic rings. The summed E-state index contributed by atoms with van der Waals surface area (Å²) in [5.74, 6) is 0.845. The molecule has 0 aromatic carbocycles. The van der Waals surface area contributed by atoms with Crippen LogP contribution >= 0.6 is 0 Å². The zero-order valence-corrected chi connectivity index (χ0v) is 23.9. The number of nitrogens with zero attached hydrogens (tertiary/aromatic N) is 3. The molecule has 10 nitrogen and oxygen atoms in total. The summed E-state index contributed by atoms with van der Waals surface area (Å²) in [6.45, 7) is 19.3. The molecule has 1 unspecified atom stereocenters. The summed E-state index contributed by atoms with van der Waals surface area (Å²) in [4.78, 5) is 36.1. The molecule has 1 aromatic rings. The van der Waals surface area contributed by atoms with Gasteiger partial charge in [-0.25, -0.2) is 14.8 Å². The lowest BCUT2D eigenvalue weighted by Crippen LogP contribution is -2.53. The van der Waals surface area contributed by atoms with Crippen LogP contribution in [0.1, 0.15) is 75.2 Å². The minimum absolute atomic E-state index is 0.0447. The van der Waals surface area contributed by atoms with Gasteiger partial charge in [0.25, 0.3) is 0 Å². The summed E-state index contributed by atoms with van der Waals surface area (Å²) < 4.78 is 17.5. The molecule has 0 spiro atoms. The number of aromatic nitrogens is 2. The second-order valence-electron chi connectivity index (χ2n) is 12.4. The van der Waals surface area contributed by atoms with Crippen LogP contribution in [0.25, 0.3) is 0 Å². The van der Waals surface area contributed by atoms with E-state index < -0.39 is 36.1 Å². The number of nitrogens with one attached hydrogen (secondary N) is 2. The Hall–Kier alpha value is -2.40. The monoisotopic (exact) mass is 517 g/mol. The zero-order chi connectivity index (χ0) is 27.6. The van der Waals surface area contributed by atoms with E-state index in [0.29, 0.717) is 25.0 Å². The summed E-state index contributed by atoms with van der Waals surface area (Å²) in [5.41, 5.74) is -0.649. The highest BCUT2D eigenvalue weighted by atomic mass is 16.7. The lowest BCUT2D eigenvalue weighted by Gasteiger charge is -2.35. The number of hydrogen-bond donors (Lipinski definition) is 2. The molecule has 37 heavy (non-hydrogen) atoms. The van der Waals surface area contributed by atoms with Gasteiger partial charge >= 0.3 is 13.2 Å². The van der Waals surface area contributed by atoms with E-state index in [4.69, 9.17) is 14.0 Å². The molecule has 3 rings (SSSR count). The number of amides is 2. The number of ether oxygens (including phenoxy) is 1. The molecule has 2 aliphatic heterocycles. The second-order valence-corrected chi connectivity index (χ2v) is 12.4. The predicted molar refractivity (Wildman–Crippen MR) is 144 cm³/mol. The van der Waals surface area contributed by atoms with Crippen LogP contribution in [-0.2, 0) is 18.8 Å². The lowest BCUT2D eigenvalue weighted by molar-refractivity contribution is -0.136. The maximum Gasteiger partial charge on any atom is 0.498 e. The van der Waals surface area contributed by atoms with Gasteiger partial charge in [-0.3, -0.25) is 4.79 Å². The largest absolute Gasteiger partial charge is 0.498 e. The minimum atomic E-state index is -0.615. The van der Waals surface area contributed by atoms with Gasteiger partial charge in [-0.2, -0.15) is 0 Å². The quantitative estimate of drug-likeness (QED) is 0.531. The molecule has 2 N–H and O–H groups in total. The van der Waals surface area contributed by atoms with E-state index in [0.717, 1.165) is 24.8 Å². The molecule has 0 aliphatic carbocycles. The van der Waals surface area contributed by atoms with Gasteiger partial charge < -0.3 is 29.6 Å². The van der Waals surface area contributed by atoms with Crippen molar-refractivity contribution in [2.24, 2.45) is 11.8 Å². The Balaban J connectivity index is 1.46. The third kappa shape index (κ3) is 7.57. The lowest BCUT2D eigenvalue weighted by atomic mass is 9.81. The number of carbonyl (C=O) groups excluding carboxylic acids is 2. The van der Waals surface area contributed by atoms with Gasteiger partial charge in [0.1, 0.15) is 11.6 Å². The van der Waals surface area contributed by atoms with Crippen molar-refractivity contribution in [2.45, 2.75) is 98.0 Å². The van der Waals surface area contributed by atoms with E-state index in [-0.39, 0.29) is 11.8 Å². The average Bonchev–Trinajstić information content (AvgIpc) is 3.01. The van der Waals surface area contributed by atoms with Crippen molar-refractivity contribution < 1.29 is 23.6 Å². The molecule has 2 amide bonds. The molecule has 206 valence electrons. The summed E-state index contributed by atoms with van der Waals surface area (Å²) in [6, 6.07) is -0.611. The summed E-state index contributed by atoms with van der Waals surface area (Å²) >= 11 is 0. The van der Waals surface area contributed by atoms with Gasteiger partial charge in [0.15, 0.2) is 0 Å². The summed E-state index contributed by atoms with van der Waals surface area (Å²) in [5, 5.41) is 6.08. The highest BCUT2D eigenvalue weighted by molar-refractivity contribution is 6.61. The maximum absolute atomic E-state index is 13.1. The van der Waals surface area contributed by atoms with Crippen LogP contribution in [0.15, 0.2) is 12.4 Å². The van der Waals surface area contributed by atoms with E-state index >= 15 is 0 Å². The number of hydrogen-bond acceptors (Lipinski definition) is 8. The zero-order valence-electron chi connectivity index (χ0n) is 23.9. The first kappa shape index (κ1) is 29.2. The third-order valence-electron chi connectivity index (χ3n) is 7.28. The van der Waals surface area contributed by atoms with Crippen molar-refractivity contribution in [3.63, 3.8) is 0 Å². The standard InChI is InChI=1S/C26H44BN5O5/c1-17(2)20(31-23(34)35-24(3,4)5)21(33)32-12-10-18(11-13-32)14-28-22-29-15-19(16-30-22)27-36-25(6,7)26(8,9)37-27/h15-18,20H,10-14H2,1-9H3,(H,31,34)(H,28,29,30). The molecular formula is C26H44BN5O5. The number of alkyl carbamates (subject to hydrolysis) is 1. The second kappa shape index (κ2) is 11.1. The molecule has 0 saturated carbocycles. The summed E-state index contributed by atoms with van der Waals surface area (Å²) in [7, 11) is -0.486. The highest BCUT2D eigenvalue weighted by Crippen LogP contribution is 2.36. The molecule has 1 atom stereocenters. The Morgan fingerprint density at radius 3 is 2.14 bits per heavy atom. The van der Waals surface area contributed by atoms with E-state index in [1.807, 2.05) is 46.4 Å². The molecule has 0 radical (unpaired) electrons. The van der Waals surface area contributed by atoms with Gasteiger partial charge in [-0.15, -0.1) is 0 Å². The third-order valence-corrected chi connectivity index (χ3v) is 7.28. The van der Waals surface area contributed by atoms with Gasteiger partial charge in [-0.05, 0) is 73.1 Å². The van der Waals surface area contributed by atoms with Gasteiger partial charge in [0.2, 0.25) is 11.9 Å². The number of rotatable bonds is 7. The van der Waals surface area contributed by atoms with Crippen LogP contribution < -0.4 is 16.1 Å². The summed E-state index contributed by atoms with van der Waals surface area (Å²) in [6.07, 6.45) is 4.64. The van der Waals surface area contributed by atoms with Crippen molar-refractivity contribution >= 4 is 30.5 Å². The van der Waals surface area contributed by atoms with Crippen molar-refractivity contribution in [3.8, 4) is 0 Å². The molecule has 0 bridgehead atoms. The van der Waals surface area contributed by atoms with E-state index in [9.17, 15) is 9.59 Å². The van der Waals surface area contributed by atoms with Crippen molar-refractivity contribution in [2.75, 3.05) is 25.0 Å². The Morgan fingerprint density at radius 1 is 1.11 bits per heavy atom. The first-order chi connectivity index (χ1) is 17.1. The van der Waals surface area contributed by atoms with Gasteiger partial charge in [-0.1, -0.05) is 13.8 Å². The van der Waals surface area contributed by atoms with Crippen LogP contribution in [0.2, 0.25) is 0 Å². The van der Waals surface area contributed by atoms with Crippen molar-refractivity contribution in [1.29, 1.82) is 0 Å². The Kier molecular flexibility index (Phi) is 8.79. The van der Waals surface area contributed by atoms with Crippen LogP contribution in [0.5, 0.6) is 0 Å². The number of anilines is 1. The first-order valence-corrected chi connectivity index (χ1v) is 13.3. The van der Waals surface area contributed by atoms with Crippen LogP contribution in [0, 0.1) is 11.8 Å². The Labute approximate surface area is 221 Å². The average molecular weight is 517 g/mol. The van der Waals surface area contributed by atoms with E-state index in [2.05, 4.69) is 20.6 Å². The maximum atomic E-state index is 13.1. The predicted octanol–water partition coefficient (Wildman–Crippen LogP) is 2.98. The van der Waals surface area contributed by atoms with Gasteiger partial charge in [0, 0.05) is 37.5 Å².